The fourth-order valence-electron chi connectivity index (χ4n) is 3.11. The molecule has 29 heavy (non-hydrogen) atoms. The van der Waals surface area contributed by atoms with E-state index in [2.05, 4.69) is 16.2 Å². The van der Waals surface area contributed by atoms with Crippen molar-refractivity contribution < 1.29 is 23.6 Å². The Labute approximate surface area is 166 Å². The molecule has 3 rings (SSSR count). The van der Waals surface area contributed by atoms with Crippen LogP contribution in [0, 0.1) is 5.82 Å². The van der Waals surface area contributed by atoms with Gasteiger partial charge in [0.2, 0.25) is 0 Å². The fourth-order valence-corrected chi connectivity index (χ4v) is 3.11. The van der Waals surface area contributed by atoms with Crippen LogP contribution in [-0.4, -0.2) is 35.2 Å². The molecule has 3 N–H and O–H groups in total. The average molecular weight is 398 g/mol. The van der Waals surface area contributed by atoms with Crippen LogP contribution in [0.4, 0.5) is 9.18 Å². The number of urea groups is 1. The number of halogens is 1. The van der Waals surface area contributed by atoms with Gasteiger partial charge in [-0.05, 0) is 36.2 Å². The molecular weight excluding hydrogens is 379 g/mol. The van der Waals surface area contributed by atoms with E-state index in [1.54, 1.807) is 37.3 Å². The summed E-state index contributed by atoms with van der Waals surface area (Å²) in [5.41, 5.74) is 3.81. The van der Waals surface area contributed by atoms with Crippen LogP contribution in [0.15, 0.2) is 54.6 Å². The lowest BCUT2D eigenvalue weighted by atomic mass is 9.87. The molecule has 0 spiro atoms. The van der Waals surface area contributed by atoms with E-state index in [0.29, 0.717) is 12.0 Å². The van der Waals surface area contributed by atoms with Crippen LogP contribution < -0.4 is 16.2 Å². The van der Waals surface area contributed by atoms with Crippen LogP contribution in [0.5, 0.6) is 0 Å². The molecule has 2 aromatic carbocycles. The lowest BCUT2D eigenvalue weighted by Gasteiger charge is -2.25. The number of benzene rings is 2. The minimum absolute atomic E-state index is 0.135. The molecule has 1 aliphatic heterocycles. The Morgan fingerprint density at radius 1 is 1.03 bits per heavy atom. The molecule has 9 heteroatoms. The van der Waals surface area contributed by atoms with Crippen molar-refractivity contribution in [3.63, 3.8) is 0 Å². The zero-order valence-corrected chi connectivity index (χ0v) is 15.6. The second-order valence-electron chi connectivity index (χ2n) is 6.46. The highest BCUT2D eigenvalue weighted by atomic mass is 19.1. The summed E-state index contributed by atoms with van der Waals surface area (Å²) in [6.07, 6.45) is 0.307. The van der Waals surface area contributed by atoms with Gasteiger partial charge in [-0.25, -0.2) is 9.18 Å². The number of nitrogens with zero attached hydrogens (tertiary/aromatic N) is 1. The average Bonchev–Trinajstić information content (AvgIpc) is 2.98. The van der Waals surface area contributed by atoms with Gasteiger partial charge in [0.15, 0.2) is 0 Å². The molecule has 1 fully saturated rings. The Balaban J connectivity index is 1.64. The van der Waals surface area contributed by atoms with Crippen LogP contribution in [0.2, 0.25) is 0 Å². The van der Waals surface area contributed by atoms with E-state index >= 15 is 0 Å². The lowest BCUT2D eigenvalue weighted by Crippen LogP contribution is -2.48. The number of carbonyl (C=O) groups excluding carboxylic acids is 4. The number of rotatable bonds is 5. The molecule has 0 saturated carbocycles. The Bertz CT molecular complexity index is 949. The monoisotopic (exact) mass is 398 g/mol. The third kappa shape index (κ3) is 3.93. The summed E-state index contributed by atoms with van der Waals surface area (Å²) in [6, 6.07) is 12.8. The Morgan fingerprint density at radius 3 is 2.31 bits per heavy atom. The highest BCUT2D eigenvalue weighted by molar-refractivity contribution is 6.09. The molecule has 1 heterocycles. The van der Waals surface area contributed by atoms with Gasteiger partial charge in [0.1, 0.15) is 17.9 Å². The van der Waals surface area contributed by atoms with Gasteiger partial charge in [-0.2, -0.15) is 0 Å². The van der Waals surface area contributed by atoms with Crippen molar-refractivity contribution in [2.45, 2.75) is 18.9 Å². The van der Waals surface area contributed by atoms with E-state index in [1.165, 1.54) is 12.1 Å². The van der Waals surface area contributed by atoms with Crippen molar-refractivity contribution in [2.75, 3.05) is 6.54 Å². The lowest BCUT2D eigenvalue weighted by molar-refractivity contribution is -0.135. The maximum absolute atomic E-state index is 12.9. The maximum atomic E-state index is 12.9. The second kappa shape index (κ2) is 8.09. The van der Waals surface area contributed by atoms with Crippen LogP contribution in [-0.2, 0) is 15.1 Å². The molecule has 150 valence electrons. The first-order valence-corrected chi connectivity index (χ1v) is 8.92. The summed E-state index contributed by atoms with van der Waals surface area (Å²) in [6.45, 7) is 1.20. The van der Waals surface area contributed by atoms with E-state index < -0.39 is 41.7 Å². The zero-order valence-electron chi connectivity index (χ0n) is 15.6. The third-order valence-electron chi connectivity index (χ3n) is 4.70. The van der Waals surface area contributed by atoms with Crippen LogP contribution in [0.25, 0.3) is 0 Å². The molecule has 5 amide bonds. The third-order valence-corrected chi connectivity index (χ3v) is 4.70. The number of imide groups is 1. The summed E-state index contributed by atoms with van der Waals surface area (Å²) in [5, 5.41) is 2.67. The first-order chi connectivity index (χ1) is 13.9. The highest BCUT2D eigenvalue weighted by Crippen LogP contribution is 2.32. The number of hydrogen-bond acceptors (Lipinski definition) is 4. The maximum Gasteiger partial charge on any atom is 0.325 e. The van der Waals surface area contributed by atoms with Crippen molar-refractivity contribution in [1.82, 2.24) is 21.1 Å². The number of hydrazine groups is 1. The predicted octanol–water partition coefficient (Wildman–Crippen LogP) is 1.44. The largest absolute Gasteiger partial charge is 0.325 e. The molecule has 1 aliphatic rings. The number of carbonyl (C=O) groups is 4. The summed E-state index contributed by atoms with van der Waals surface area (Å²) in [5.74, 6) is -2.47. The quantitative estimate of drug-likeness (QED) is 0.523. The summed E-state index contributed by atoms with van der Waals surface area (Å²) >= 11 is 0. The Morgan fingerprint density at radius 2 is 1.69 bits per heavy atom. The molecule has 0 aliphatic carbocycles. The van der Waals surface area contributed by atoms with Gasteiger partial charge >= 0.3 is 6.03 Å². The van der Waals surface area contributed by atoms with Crippen LogP contribution in [0.3, 0.4) is 0 Å². The molecule has 8 nitrogen and oxygen atoms in total. The molecule has 0 radical (unpaired) electrons. The van der Waals surface area contributed by atoms with Crippen LogP contribution >= 0.6 is 0 Å². The summed E-state index contributed by atoms with van der Waals surface area (Å²) in [7, 11) is 0. The molecule has 1 atom stereocenters. The molecule has 2 aromatic rings. The normalized spacial score (nSPS) is 18.3. The van der Waals surface area contributed by atoms with Gasteiger partial charge in [0.05, 0.1) is 0 Å². The topological polar surface area (TPSA) is 108 Å². The first-order valence-electron chi connectivity index (χ1n) is 8.92. The smallest absolute Gasteiger partial charge is 0.319 e. The van der Waals surface area contributed by atoms with Crippen molar-refractivity contribution in [1.29, 1.82) is 0 Å². The van der Waals surface area contributed by atoms with Gasteiger partial charge in [-0.1, -0.05) is 37.3 Å². The Hall–Kier alpha value is -3.75. The van der Waals surface area contributed by atoms with Crippen LogP contribution in [0.1, 0.15) is 29.3 Å². The van der Waals surface area contributed by atoms with Crippen molar-refractivity contribution in [3.8, 4) is 0 Å². The molecule has 0 bridgehead atoms. The van der Waals surface area contributed by atoms with Gasteiger partial charge in [0, 0.05) is 5.56 Å². The number of nitrogens with one attached hydrogen (secondary N) is 3. The highest BCUT2D eigenvalue weighted by Gasteiger charge is 2.51. The fraction of sp³-hybridized carbons (Fsp3) is 0.200. The number of hydrogen-bond donors (Lipinski definition) is 3. The van der Waals surface area contributed by atoms with Crippen molar-refractivity contribution in [2.24, 2.45) is 0 Å². The number of amides is 5. The molecule has 0 unspecified atom stereocenters. The van der Waals surface area contributed by atoms with E-state index in [4.69, 9.17) is 0 Å². The summed E-state index contributed by atoms with van der Waals surface area (Å²) in [4.78, 5) is 50.2. The molecular formula is C20H19FN4O4. The second-order valence-corrected chi connectivity index (χ2v) is 6.46. The Kier molecular flexibility index (Phi) is 5.58. The molecule has 0 aromatic heterocycles. The van der Waals surface area contributed by atoms with Crippen molar-refractivity contribution >= 4 is 23.8 Å². The summed E-state index contributed by atoms with van der Waals surface area (Å²) < 4.78 is 12.9. The van der Waals surface area contributed by atoms with E-state index in [9.17, 15) is 23.6 Å². The van der Waals surface area contributed by atoms with E-state index in [-0.39, 0.29) is 5.56 Å². The first kappa shape index (κ1) is 20.0. The zero-order chi connectivity index (χ0) is 21.0. The minimum Gasteiger partial charge on any atom is -0.319 e. The van der Waals surface area contributed by atoms with E-state index in [1.807, 2.05) is 0 Å². The van der Waals surface area contributed by atoms with Gasteiger partial charge < -0.3 is 5.32 Å². The van der Waals surface area contributed by atoms with E-state index in [0.717, 1.165) is 17.0 Å². The predicted molar refractivity (Wildman–Crippen MR) is 101 cm³/mol. The molecule has 1 saturated heterocycles. The van der Waals surface area contributed by atoms with Gasteiger partial charge in [-0.15, -0.1) is 0 Å². The SMILES string of the molecule is CC[C@]1(c2ccccc2)NC(=O)N(CC(=O)NNC(=O)c2ccc(F)cc2)C1=O. The standard InChI is InChI=1S/C20H19FN4O4/c1-2-20(14-6-4-3-5-7-14)18(28)25(19(29)22-20)12-16(26)23-24-17(27)13-8-10-15(21)11-9-13/h3-11H,2,12H2,1H3,(H,22,29)(H,23,26)(H,24,27)/t20-/m1/s1. The minimum atomic E-state index is -1.24. The van der Waals surface area contributed by atoms with Gasteiger partial charge in [0.25, 0.3) is 17.7 Å². The van der Waals surface area contributed by atoms with Gasteiger partial charge in [-0.3, -0.25) is 30.1 Å². The van der Waals surface area contributed by atoms with Crippen molar-refractivity contribution in [3.05, 3.63) is 71.5 Å².